The molecule has 2 aromatic heterocycles. The van der Waals surface area contributed by atoms with E-state index in [0.717, 1.165) is 33.3 Å². The van der Waals surface area contributed by atoms with Gasteiger partial charge in [0.15, 0.2) is 0 Å². The number of nitrogens with two attached hydrogens (primary N) is 1. The van der Waals surface area contributed by atoms with Gasteiger partial charge in [-0.1, -0.05) is 11.6 Å². The average Bonchev–Trinajstić information content (AvgIpc) is 2.58. The Morgan fingerprint density at radius 3 is 2.52 bits per heavy atom. The van der Waals surface area contributed by atoms with Crippen molar-refractivity contribution >= 4 is 22.8 Å². The molecule has 0 saturated carbocycles. The molecule has 3 rings (SSSR count). The third-order valence-electron chi connectivity index (χ3n) is 4.33. The molecule has 6 heteroatoms. The van der Waals surface area contributed by atoms with Gasteiger partial charge in [-0.25, -0.2) is 9.97 Å². The molecule has 0 unspecified atom stereocenters. The van der Waals surface area contributed by atoms with Crippen LogP contribution in [-0.2, 0) is 6.54 Å². The molecular weight excluding hydrogens is 314 g/mol. The summed E-state index contributed by atoms with van der Waals surface area (Å²) < 4.78 is 0. The highest BCUT2D eigenvalue weighted by molar-refractivity contribution is 6.07. The van der Waals surface area contributed by atoms with Gasteiger partial charge in [0, 0.05) is 42.6 Å². The minimum absolute atomic E-state index is 0.0459. The summed E-state index contributed by atoms with van der Waals surface area (Å²) >= 11 is 0. The Hall–Kier alpha value is -3.02. The number of nitrogen functional groups attached to an aromatic ring is 1. The zero-order chi connectivity index (χ0) is 18.1. The third kappa shape index (κ3) is 3.28. The Bertz CT molecular complexity index is 950. The van der Waals surface area contributed by atoms with Crippen LogP contribution < -0.4 is 5.73 Å². The number of pyridine rings is 1. The van der Waals surface area contributed by atoms with Crippen molar-refractivity contribution in [2.24, 2.45) is 0 Å². The van der Waals surface area contributed by atoms with Crippen LogP contribution in [0, 0.1) is 20.8 Å². The summed E-state index contributed by atoms with van der Waals surface area (Å²) in [5.41, 5.74) is 10.7. The van der Waals surface area contributed by atoms with Gasteiger partial charge >= 0.3 is 0 Å². The van der Waals surface area contributed by atoms with Crippen LogP contribution in [0.2, 0.25) is 0 Å². The van der Waals surface area contributed by atoms with Crippen molar-refractivity contribution in [1.82, 2.24) is 19.9 Å². The lowest BCUT2D eigenvalue weighted by Gasteiger charge is -2.20. The number of fused-ring (bicyclic) bond motifs is 1. The molecule has 128 valence electrons. The standard InChI is InChI=1S/C19H21N5O/c1-11-5-6-16-15(7-11)17(12(2)13(3)23-16)18(25)24(4)10-14-8-21-19(20)22-9-14/h5-9H,10H2,1-4H3,(H2,20,21,22). The van der Waals surface area contributed by atoms with Crippen molar-refractivity contribution in [2.75, 3.05) is 12.8 Å². The molecule has 0 aliphatic rings. The Morgan fingerprint density at radius 1 is 1.16 bits per heavy atom. The van der Waals surface area contributed by atoms with Crippen molar-refractivity contribution in [3.63, 3.8) is 0 Å². The number of rotatable bonds is 3. The summed E-state index contributed by atoms with van der Waals surface area (Å²) in [6.45, 7) is 6.29. The van der Waals surface area contributed by atoms with E-state index in [0.29, 0.717) is 12.1 Å². The molecule has 0 saturated heterocycles. The van der Waals surface area contributed by atoms with Crippen LogP contribution in [0.4, 0.5) is 5.95 Å². The van der Waals surface area contributed by atoms with Crippen LogP contribution in [0.15, 0.2) is 30.6 Å². The fraction of sp³-hybridized carbons (Fsp3) is 0.263. The molecular formula is C19H21N5O. The van der Waals surface area contributed by atoms with Gasteiger partial charge in [-0.2, -0.15) is 0 Å². The van der Waals surface area contributed by atoms with Gasteiger partial charge in [0.1, 0.15) is 0 Å². The van der Waals surface area contributed by atoms with Gasteiger partial charge in [-0.05, 0) is 38.5 Å². The first-order chi connectivity index (χ1) is 11.9. The Labute approximate surface area is 146 Å². The molecule has 1 amide bonds. The highest BCUT2D eigenvalue weighted by atomic mass is 16.2. The van der Waals surface area contributed by atoms with Crippen LogP contribution in [0.3, 0.4) is 0 Å². The van der Waals surface area contributed by atoms with Gasteiger partial charge < -0.3 is 10.6 Å². The lowest BCUT2D eigenvalue weighted by molar-refractivity contribution is 0.0786. The molecule has 2 heterocycles. The maximum atomic E-state index is 13.1. The van der Waals surface area contributed by atoms with E-state index in [1.165, 1.54) is 0 Å². The number of hydrogen-bond donors (Lipinski definition) is 1. The van der Waals surface area contributed by atoms with E-state index >= 15 is 0 Å². The summed E-state index contributed by atoms with van der Waals surface area (Å²) in [5, 5.41) is 0.883. The quantitative estimate of drug-likeness (QED) is 0.795. The van der Waals surface area contributed by atoms with Crippen molar-refractivity contribution in [2.45, 2.75) is 27.3 Å². The number of nitrogens with zero attached hydrogens (tertiary/aromatic N) is 4. The number of anilines is 1. The molecule has 0 radical (unpaired) electrons. The molecule has 0 spiro atoms. The third-order valence-corrected chi connectivity index (χ3v) is 4.33. The number of aryl methyl sites for hydroxylation is 2. The monoisotopic (exact) mass is 335 g/mol. The number of benzene rings is 1. The fourth-order valence-corrected chi connectivity index (χ4v) is 2.85. The van der Waals surface area contributed by atoms with Gasteiger partial charge in [0.05, 0.1) is 11.1 Å². The Kier molecular flexibility index (Phi) is 4.35. The summed E-state index contributed by atoms with van der Waals surface area (Å²) in [5.74, 6) is 0.176. The molecule has 6 nitrogen and oxygen atoms in total. The highest BCUT2D eigenvalue weighted by Gasteiger charge is 2.20. The van der Waals surface area contributed by atoms with Gasteiger partial charge in [0.2, 0.25) is 5.95 Å². The molecule has 0 atom stereocenters. The molecule has 0 bridgehead atoms. The molecule has 25 heavy (non-hydrogen) atoms. The molecule has 0 fully saturated rings. The van der Waals surface area contributed by atoms with Crippen LogP contribution in [0.1, 0.15) is 32.7 Å². The second kappa shape index (κ2) is 6.47. The van der Waals surface area contributed by atoms with Gasteiger partial charge in [-0.3, -0.25) is 9.78 Å². The second-order valence-electron chi connectivity index (χ2n) is 6.33. The molecule has 0 aliphatic heterocycles. The smallest absolute Gasteiger partial charge is 0.254 e. The summed E-state index contributed by atoms with van der Waals surface area (Å²) in [4.78, 5) is 27.4. The summed E-state index contributed by atoms with van der Waals surface area (Å²) in [6, 6.07) is 5.98. The molecule has 1 aromatic carbocycles. The lowest BCUT2D eigenvalue weighted by atomic mass is 9.99. The maximum absolute atomic E-state index is 13.1. The average molecular weight is 335 g/mol. The number of carbonyl (C=O) groups is 1. The van der Waals surface area contributed by atoms with E-state index in [1.54, 1.807) is 24.3 Å². The van der Waals surface area contributed by atoms with Crippen LogP contribution >= 0.6 is 0 Å². The van der Waals surface area contributed by atoms with Crippen LogP contribution in [0.5, 0.6) is 0 Å². The van der Waals surface area contributed by atoms with E-state index in [1.807, 2.05) is 39.0 Å². The van der Waals surface area contributed by atoms with Crippen LogP contribution in [-0.4, -0.2) is 32.8 Å². The van der Waals surface area contributed by atoms with Gasteiger partial charge in [-0.15, -0.1) is 0 Å². The van der Waals surface area contributed by atoms with E-state index in [4.69, 9.17) is 5.73 Å². The number of hydrogen-bond acceptors (Lipinski definition) is 5. The zero-order valence-electron chi connectivity index (χ0n) is 14.9. The Morgan fingerprint density at radius 2 is 1.84 bits per heavy atom. The minimum Gasteiger partial charge on any atom is -0.368 e. The zero-order valence-corrected chi connectivity index (χ0v) is 14.9. The predicted molar refractivity (Wildman–Crippen MR) is 98.2 cm³/mol. The normalized spacial score (nSPS) is 10.9. The first-order valence-electron chi connectivity index (χ1n) is 8.06. The summed E-state index contributed by atoms with van der Waals surface area (Å²) in [7, 11) is 1.77. The predicted octanol–water partition coefficient (Wildman–Crippen LogP) is 2.80. The topological polar surface area (TPSA) is 85.0 Å². The lowest BCUT2D eigenvalue weighted by Crippen LogP contribution is -2.27. The fourth-order valence-electron chi connectivity index (χ4n) is 2.85. The minimum atomic E-state index is -0.0459. The maximum Gasteiger partial charge on any atom is 0.254 e. The van der Waals surface area contributed by atoms with E-state index in [2.05, 4.69) is 15.0 Å². The molecule has 0 aliphatic carbocycles. The number of amides is 1. The highest BCUT2D eigenvalue weighted by Crippen LogP contribution is 2.25. The van der Waals surface area contributed by atoms with Crippen molar-refractivity contribution in [1.29, 1.82) is 0 Å². The van der Waals surface area contributed by atoms with Crippen LogP contribution in [0.25, 0.3) is 10.9 Å². The van der Waals surface area contributed by atoms with E-state index in [9.17, 15) is 4.79 Å². The van der Waals surface area contributed by atoms with Crippen molar-refractivity contribution in [3.8, 4) is 0 Å². The SMILES string of the molecule is Cc1ccc2nc(C)c(C)c(C(=O)N(C)Cc3cnc(N)nc3)c2c1. The largest absolute Gasteiger partial charge is 0.368 e. The number of carbonyl (C=O) groups excluding carboxylic acids is 1. The Balaban J connectivity index is 2.02. The van der Waals surface area contributed by atoms with Crippen molar-refractivity contribution < 1.29 is 4.79 Å². The van der Waals surface area contributed by atoms with E-state index < -0.39 is 0 Å². The first-order valence-corrected chi connectivity index (χ1v) is 8.06. The molecule has 3 aromatic rings. The first kappa shape index (κ1) is 16.8. The summed E-state index contributed by atoms with van der Waals surface area (Å²) in [6.07, 6.45) is 3.28. The van der Waals surface area contributed by atoms with Gasteiger partial charge in [0.25, 0.3) is 5.91 Å². The van der Waals surface area contributed by atoms with Crippen molar-refractivity contribution in [3.05, 3.63) is 58.5 Å². The molecule has 2 N–H and O–H groups in total. The second-order valence-corrected chi connectivity index (χ2v) is 6.33. The number of aromatic nitrogens is 3. The van der Waals surface area contributed by atoms with E-state index in [-0.39, 0.29) is 11.9 Å².